The predicted octanol–water partition coefficient (Wildman–Crippen LogP) is 2.97. The van der Waals surface area contributed by atoms with Crippen LogP contribution in [0.5, 0.6) is 0 Å². The number of aliphatic hydroxyl groups is 1. The van der Waals surface area contributed by atoms with Crippen molar-refractivity contribution < 1.29 is 14.2 Å². The fraction of sp³-hybridized carbons (Fsp3) is 0.400. The molecule has 0 aliphatic rings. The highest BCUT2D eigenvalue weighted by atomic mass is 35.5. The Morgan fingerprint density at radius 2 is 2.14 bits per heavy atom. The summed E-state index contributed by atoms with van der Waals surface area (Å²) >= 11 is 6.18. The zero-order chi connectivity index (χ0) is 15.5. The van der Waals surface area contributed by atoms with Crippen LogP contribution in [0, 0.1) is 5.82 Å². The highest BCUT2D eigenvalue weighted by Gasteiger charge is 2.37. The molecular formula is C15H18ClFN2O2. The molecule has 1 unspecified atom stereocenters. The van der Waals surface area contributed by atoms with Crippen LogP contribution in [0.4, 0.5) is 4.39 Å². The van der Waals surface area contributed by atoms with Crippen LogP contribution in [0.2, 0.25) is 5.02 Å². The minimum atomic E-state index is -1.54. The van der Waals surface area contributed by atoms with Gasteiger partial charge in [0.25, 0.3) is 0 Å². The third kappa shape index (κ3) is 2.95. The first-order valence-corrected chi connectivity index (χ1v) is 7.10. The van der Waals surface area contributed by atoms with Gasteiger partial charge in [-0.05, 0) is 12.5 Å². The second kappa shape index (κ2) is 6.56. The van der Waals surface area contributed by atoms with Crippen molar-refractivity contribution >= 4 is 11.6 Å². The van der Waals surface area contributed by atoms with Crippen LogP contribution in [-0.2, 0) is 16.9 Å². The van der Waals surface area contributed by atoms with Crippen LogP contribution in [-0.4, -0.2) is 28.6 Å². The minimum absolute atomic E-state index is 0.188. The van der Waals surface area contributed by atoms with Gasteiger partial charge >= 0.3 is 0 Å². The maximum absolute atomic E-state index is 14.1. The molecular weight excluding hydrogens is 295 g/mol. The summed E-state index contributed by atoms with van der Waals surface area (Å²) in [6.45, 7) is 2.62. The van der Waals surface area contributed by atoms with Crippen molar-refractivity contribution in [3.8, 4) is 0 Å². The molecule has 0 radical (unpaired) electrons. The zero-order valence-corrected chi connectivity index (χ0v) is 12.8. The van der Waals surface area contributed by atoms with E-state index in [0.29, 0.717) is 23.9 Å². The molecule has 0 fully saturated rings. The molecule has 2 aromatic rings. The standard InChI is InChI=1S/C15H18ClFN2O2/c1-3-15(20,11-6-4-5-7-13(11)17)14-12(16)10-18-19(14)8-9-21-2/h4-7,10,20H,3,8-9H2,1-2H3. The summed E-state index contributed by atoms with van der Waals surface area (Å²) < 4.78 is 20.7. The van der Waals surface area contributed by atoms with E-state index >= 15 is 0 Å². The first kappa shape index (κ1) is 15.9. The molecule has 4 nitrogen and oxygen atoms in total. The molecule has 0 amide bonds. The lowest BCUT2D eigenvalue weighted by Gasteiger charge is -2.29. The average molecular weight is 313 g/mol. The number of ether oxygens (including phenoxy) is 1. The van der Waals surface area contributed by atoms with Crippen molar-refractivity contribution in [3.05, 3.63) is 52.6 Å². The van der Waals surface area contributed by atoms with E-state index in [0.717, 1.165) is 0 Å². The third-order valence-electron chi connectivity index (χ3n) is 3.52. The molecule has 21 heavy (non-hydrogen) atoms. The summed E-state index contributed by atoms with van der Waals surface area (Å²) in [4.78, 5) is 0. The predicted molar refractivity (Wildman–Crippen MR) is 78.8 cm³/mol. The number of methoxy groups -OCH3 is 1. The molecule has 114 valence electrons. The van der Waals surface area contributed by atoms with Gasteiger partial charge in [-0.25, -0.2) is 4.39 Å². The first-order chi connectivity index (χ1) is 10.0. The van der Waals surface area contributed by atoms with Gasteiger partial charge in [-0.15, -0.1) is 0 Å². The summed E-state index contributed by atoms with van der Waals surface area (Å²) in [6, 6.07) is 6.14. The molecule has 0 bridgehead atoms. The van der Waals surface area contributed by atoms with E-state index < -0.39 is 11.4 Å². The van der Waals surface area contributed by atoms with Crippen molar-refractivity contribution in [1.82, 2.24) is 9.78 Å². The number of rotatable bonds is 6. The van der Waals surface area contributed by atoms with Gasteiger partial charge in [0, 0.05) is 12.7 Å². The van der Waals surface area contributed by atoms with Gasteiger partial charge in [0.1, 0.15) is 11.4 Å². The maximum Gasteiger partial charge on any atom is 0.135 e. The number of halogens is 2. The van der Waals surface area contributed by atoms with E-state index in [4.69, 9.17) is 16.3 Å². The van der Waals surface area contributed by atoms with Gasteiger partial charge in [0.2, 0.25) is 0 Å². The van der Waals surface area contributed by atoms with Gasteiger partial charge in [-0.3, -0.25) is 4.68 Å². The van der Waals surface area contributed by atoms with Crippen molar-refractivity contribution in [3.63, 3.8) is 0 Å². The SMILES string of the molecule is CCC(O)(c1ccccc1F)c1c(Cl)cnn1CCOC. The van der Waals surface area contributed by atoms with Gasteiger partial charge in [-0.2, -0.15) is 5.10 Å². The zero-order valence-electron chi connectivity index (χ0n) is 12.0. The Morgan fingerprint density at radius 3 is 2.76 bits per heavy atom. The van der Waals surface area contributed by atoms with E-state index in [1.165, 1.54) is 12.3 Å². The van der Waals surface area contributed by atoms with Crippen LogP contribution in [0.15, 0.2) is 30.5 Å². The molecule has 0 saturated carbocycles. The molecule has 0 spiro atoms. The maximum atomic E-state index is 14.1. The van der Waals surface area contributed by atoms with Gasteiger partial charge in [0.05, 0.1) is 30.1 Å². The lowest BCUT2D eigenvalue weighted by Crippen LogP contribution is -2.32. The average Bonchev–Trinajstić information content (AvgIpc) is 2.86. The number of benzene rings is 1. The molecule has 2 rings (SSSR count). The second-order valence-corrected chi connectivity index (χ2v) is 5.16. The molecule has 1 heterocycles. The van der Waals surface area contributed by atoms with Crippen molar-refractivity contribution in [2.75, 3.05) is 13.7 Å². The summed E-state index contributed by atoms with van der Waals surface area (Å²) in [7, 11) is 1.58. The minimum Gasteiger partial charge on any atom is -0.383 e. The lowest BCUT2D eigenvalue weighted by molar-refractivity contribution is 0.0607. The van der Waals surface area contributed by atoms with Crippen molar-refractivity contribution in [1.29, 1.82) is 0 Å². The largest absolute Gasteiger partial charge is 0.383 e. The smallest absolute Gasteiger partial charge is 0.135 e. The number of aromatic nitrogens is 2. The molecule has 1 aromatic heterocycles. The third-order valence-corrected chi connectivity index (χ3v) is 3.80. The molecule has 1 atom stereocenters. The van der Waals surface area contributed by atoms with Crippen LogP contribution in [0.3, 0.4) is 0 Å². The van der Waals surface area contributed by atoms with E-state index in [2.05, 4.69) is 5.10 Å². The fourth-order valence-corrected chi connectivity index (χ4v) is 2.70. The van der Waals surface area contributed by atoms with Crippen LogP contribution in [0.1, 0.15) is 24.6 Å². The quantitative estimate of drug-likeness (QED) is 0.892. The van der Waals surface area contributed by atoms with Crippen molar-refractivity contribution in [2.45, 2.75) is 25.5 Å². The Hall–Kier alpha value is -1.43. The van der Waals surface area contributed by atoms with Crippen LogP contribution >= 0.6 is 11.6 Å². The highest BCUT2D eigenvalue weighted by molar-refractivity contribution is 6.31. The summed E-state index contributed by atoms with van der Waals surface area (Å²) in [5, 5.41) is 15.5. The van der Waals surface area contributed by atoms with Crippen molar-refractivity contribution in [2.24, 2.45) is 0 Å². The molecule has 6 heteroatoms. The first-order valence-electron chi connectivity index (χ1n) is 6.72. The number of hydrogen-bond acceptors (Lipinski definition) is 3. The monoisotopic (exact) mass is 312 g/mol. The van der Waals surface area contributed by atoms with Gasteiger partial charge < -0.3 is 9.84 Å². The Balaban J connectivity index is 2.55. The molecule has 0 aliphatic heterocycles. The van der Waals surface area contributed by atoms with E-state index in [-0.39, 0.29) is 12.0 Å². The fourth-order valence-electron chi connectivity index (χ4n) is 2.40. The second-order valence-electron chi connectivity index (χ2n) is 4.75. The van der Waals surface area contributed by atoms with E-state index in [1.54, 1.807) is 36.9 Å². The molecule has 0 aliphatic carbocycles. The van der Waals surface area contributed by atoms with Crippen LogP contribution < -0.4 is 0 Å². The summed E-state index contributed by atoms with van der Waals surface area (Å²) in [5.74, 6) is -0.475. The normalized spacial score (nSPS) is 14.1. The Kier molecular flexibility index (Phi) is 4.98. The lowest BCUT2D eigenvalue weighted by atomic mass is 9.87. The topological polar surface area (TPSA) is 47.3 Å². The molecule has 0 saturated heterocycles. The van der Waals surface area contributed by atoms with Gasteiger partial charge in [0.15, 0.2) is 0 Å². The Labute approximate surface area is 128 Å². The molecule has 1 N–H and O–H groups in total. The highest BCUT2D eigenvalue weighted by Crippen LogP contribution is 2.38. The number of hydrogen-bond donors (Lipinski definition) is 1. The summed E-state index contributed by atoms with van der Waals surface area (Å²) in [6.07, 6.45) is 1.72. The summed E-state index contributed by atoms with van der Waals surface area (Å²) in [5.41, 5.74) is -0.963. The molecule has 1 aromatic carbocycles. The van der Waals surface area contributed by atoms with E-state index in [9.17, 15) is 9.50 Å². The van der Waals surface area contributed by atoms with Crippen LogP contribution in [0.25, 0.3) is 0 Å². The number of nitrogens with zero attached hydrogens (tertiary/aromatic N) is 2. The van der Waals surface area contributed by atoms with E-state index in [1.807, 2.05) is 0 Å². The Morgan fingerprint density at radius 1 is 1.43 bits per heavy atom. The Bertz CT molecular complexity index is 617. The van der Waals surface area contributed by atoms with Gasteiger partial charge in [-0.1, -0.05) is 36.7 Å².